The van der Waals surface area contributed by atoms with Crippen molar-refractivity contribution in [2.45, 2.75) is 12.1 Å². The second-order valence-electron chi connectivity index (χ2n) is 3.31. The molecule has 15 heavy (non-hydrogen) atoms. The number of halogens is 1. The summed E-state index contributed by atoms with van der Waals surface area (Å²) in [4.78, 5) is 11.0. The van der Waals surface area contributed by atoms with Crippen LogP contribution in [0.15, 0.2) is 24.3 Å². The SMILES string of the molecule is O=C1N[C@@H](CO)[C@@H](c2ccc(Cl)cc2)O1. The molecule has 0 spiro atoms. The molecule has 4 nitrogen and oxygen atoms in total. The first-order valence-electron chi connectivity index (χ1n) is 4.54. The predicted octanol–water partition coefficient (Wildman–Crippen LogP) is 1.48. The fraction of sp³-hybridized carbons (Fsp3) is 0.300. The molecule has 2 rings (SSSR count). The summed E-state index contributed by atoms with van der Waals surface area (Å²) in [6.45, 7) is -0.154. The zero-order valence-corrected chi connectivity index (χ0v) is 8.57. The first-order chi connectivity index (χ1) is 7.20. The first kappa shape index (κ1) is 10.3. The Morgan fingerprint density at radius 1 is 1.40 bits per heavy atom. The van der Waals surface area contributed by atoms with E-state index in [4.69, 9.17) is 21.4 Å². The summed E-state index contributed by atoms with van der Waals surface area (Å²) in [6, 6.07) is 6.60. The van der Waals surface area contributed by atoms with Gasteiger partial charge in [-0.1, -0.05) is 23.7 Å². The van der Waals surface area contributed by atoms with E-state index in [0.29, 0.717) is 5.02 Å². The van der Waals surface area contributed by atoms with Gasteiger partial charge in [-0.25, -0.2) is 4.79 Å². The molecule has 0 aliphatic carbocycles. The molecule has 0 saturated carbocycles. The largest absolute Gasteiger partial charge is 0.439 e. The second-order valence-corrected chi connectivity index (χ2v) is 3.75. The number of ether oxygens (including phenoxy) is 1. The lowest BCUT2D eigenvalue weighted by molar-refractivity contribution is 0.119. The van der Waals surface area contributed by atoms with E-state index in [9.17, 15) is 4.79 Å². The Hall–Kier alpha value is -1.26. The molecule has 0 radical (unpaired) electrons. The van der Waals surface area contributed by atoms with Crippen LogP contribution in [0.4, 0.5) is 4.79 Å². The average Bonchev–Trinajstić information content (AvgIpc) is 2.61. The van der Waals surface area contributed by atoms with Crippen LogP contribution in [0.5, 0.6) is 0 Å². The van der Waals surface area contributed by atoms with Crippen LogP contribution in [0.25, 0.3) is 0 Å². The van der Waals surface area contributed by atoms with E-state index < -0.39 is 18.2 Å². The summed E-state index contributed by atoms with van der Waals surface area (Å²) in [5, 5.41) is 12.2. The van der Waals surface area contributed by atoms with Gasteiger partial charge in [-0.15, -0.1) is 0 Å². The zero-order valence-electron chi connectivity index (χ0n) is 7.81. The van der Waals surface area contributed by atoms with E-state index >= 15 is 0 Å². The number of hydrogen-bond donors (Lipinski definition) is 2. The number of amides is 1. The lowest BCUT2D eigenvalue weighted by atomic mass is 10.0. The Balaban J connectivity index is 2.22. The van der Waals surface area contributed by atoms with Gasteiger partial charge in [-0.05, 0) is 17.7 Å². The molecule has 0 bridgehead atoms. The number of aliphatic hydroxyl groups is 1. The summed E-state index contributed by atoms with van der Waals surface area (Å²) in [7, 11) is 0. The first-order valence-corrected chi connectivity index (χ1v) is 4.92. The fourth-order valence-corrected chi connectivity index (χ4v) is 1.68. The van der Waals surface area contributed by atoms with E-state index in [0.717, 1.165) is 5.56 Å². The summed E-state index contributed by atoms with van der Waals surface area (Å²) in [6.07, 6.45) is -0.950. The Bertz CT molecular complexity index is 365. The summed E-state index contributed by atoms with van der Waals surface area (Å²) in [5.41, 5.74) is 0.816. The van der Waals surface area contributed by atoms with Crippen molar-refractivity contribution in [3.8, 4) is 0 Å². The van der Waals surface area contributed by atoms with Crippen molar-refractivity contribution in [3.05, 3.63) is 34.9 Å². The van der Waals surface area contributed by atoms with Crippen molar-refractivity contribution < 1.29 is 14.6 Å². The van der Waals surface area contributed by atoms with E-state index in [-0.39, 0.29) is 6.61 Å². The quantitative estimate of drug-likeness (QED) is 0.805. The number of nitrogens with one attached hydrogen (secondary N) is 1. The number of aliphatic hydroxyl groups excluding tert-OH is 1. The van der Waals surface area contributed by atoms with Crippen LogP contribution in [0, 0.1) is 0 Å². The molecule has 0 unspecified atom stereocenters. The molecule has 1 aliphatic heterocycles. The maximum absolute atomic E-state index is 11.0. The Labute approximate surface area is 91.8 Å². The van der Waals surface area contributed by atoms with Gasteiger partial charge in [-0.2, -0.15) is 0 Å². The van der Waals surface area contributed by atoms with Crippen LogP contribution in [0.3, 0.4) is 0 Å². The van der Waals surface area contributed by atoms with Gasteiger partial charge in [0.15, 0.2) is 6.10 Å². The van der Waals surface area contributed by atoms with Gasteiger partial charge in [0.25, 0.3) is 0 Å². The van der Waals surface area contributed by atoms with Crippen LogP contribution in [0.1, 0.15) is 11.7 Å². The van der Waals surface area contributed by atoms with Crippen LogP contribution in [-0.4, -0.2) is 23.8 Å². The fourth-order valence-electron chi connectivity index (χ4n) is 1.55. The second kappa shape index (κ2) is 4.08. The third kappa shape index (κ3) is 2.06. The van der Waals surface area contributed by atoms with Crippen LogP contribution < -0.4 is 5.32 Å². The highest BCUT2D eigenvalue weighted by Crippen LogP contribution is 2.26. The monoisotopic (exact) mass is 227 g/mol. The lowest BCUT2D eigenvalue weighted by Gasteiger charge is -2.14. The van der Waals surface area contributed by atoms with E-state index in [1.54, 1.807) is 24.3 Å². The number of carbonyl (C=O) groups excluding carboxylic acids is 1. The third-order valence-electron chi connectivity index (χ3n) is 2.30. The molecule has 2 atom stereocenters. The number of hydrogen-bond acceptors (Lipinski definition) is 3. The molecule has 1 aromatic carbocycles. The van der Waals surface area contributed by atoms with E-state index in [1.165, 1.54) is 0 Å². The highest BCUT2D eigenvalue weighted by Gasteiger charge is 2.34. The van der Waals surface area contributed by atoms with E-state index in [1.807, 2.05) is 0 Å². The summed E-state index contributed by atoms with van der Waals surface area (Å²) >= 11 is 5.74. The topological polar surface area (TPSA) is 58.6 Å². The van der Waals surface area contributed by atoms with Gasteiger partial charge in [0.2, 0.25) is 0 Å². The Morgan fingerprint density at radius 2 is 2.07 bits per heavy atom. The maximum Gasteiger partial charge on any atom is 0.408 e. The number of rotatable bonds is 2. The van der Waals surface area contributed by atoms with Crippen molar-refractivity contribution in [2.75, 3.05) is 6.61 Å². The molecule has 0 aromatic heterocycles. The molecule has 1 heterocycles. The summed E-state index contributed by atoms with van der Waals surface area (Å²) < 4.78 is 5.04. The van der Waals surface area contributed by atoms with E-state index in [2.05, 4.69) is 5.32 Å². The van der Waals surface area contributed by atoms with Crippen LogP contribution in [0.2, 0.25) is 5.02 Å². The number of cyclic esters (lactones) is 1. The Kier molecular flexibility index (Phi) is 2.79. The van der Waals surface area contributed by atoms with Gasteiger partial charge in [0.05, 0.1) is 12.6 Å². The number of carbonyl (C=O) groups is 1. The van der Waals surface area contributed by atoms with Crippen molar-refractivity contribution in [2.24, 2.45) is 0 Å². The molecule has 1 saturated heterocycles. The van der Waals surface area contributed by atoms with Gasteiger partial charge < -0.3 is 15.2 Å². The minimum Gasteiger partial charge on any atom is -0.439 e. The standard InChI is InChI=1S/C10H10ClNO3/c11-7-3-1-6(2-4-7)9-8(5-13)12-10(14)15-9/h1-4,8-9,13H,5H2,(H,12,14)/t8-,9+/m0/s1. The minimum atomic E-state index is -0.506. The highest BCUT2D eigenvalue weighted by molar-refractivity contribution is 6.30. The van der Waals surface area contributed by atoms with Crippen molar-refractivity contribution >= 4 is 17.7 Å². The highest BCUT2D eigenvalue weighted by atomic mass is 35.5. The predicted molar refractivity (Wildman–Crippen MR) is 54.7 cm³/mol. The van der Waals surface area contributed by atoms with Gasteiger partial charge in [-0.3, -0.25) is 0 Å². The van der Waals surface area contributed by atoms with Crippen LogP contribution in [-0.2, 0) is 4.74 Å². The molecule has 1 amide bonds. The third-order valence-corrected chi connectivity index (χ3v) is 2.55. The van der Waals surface area contributed by atoms with Crippen molar-refractivity contribution in [1.82, 2.24) is 5.32 Å². The Morgan fingerprint density at radius 3 is 2.67 bits per heavy atom. The molecular formula is C10H10ClNO3. The lowest BCUT2D eigenvalue weighted by Crippen LogP contribution is -2.31. The van der Waals surface area contributed by atoms with Gasteiger partial charge >= 0.3 is 6.09 Å². The molecular weight excluding hydrogens is 218 g/mol. The minimum absolute atomic E-state index is 0.154. The smallest absolute Gasteiger partial charge is 0.408 e. The molecule has 1 aliphatic rings. The van der Waals surface area contributed by atoms with Crippen molar-refractivity contribution in [1.29, 1.82) is 0 Å². The molecule has 80 valence electrons. The molecule has 5 heteroatoms. The van der Waals surface area contributed by atoms with Crippen LogP contribution >= 0.6 is 11.6 Å². The molecule has 1 aromatic rings. The normalized spacial score (nSPS) is 24.8. The summed E-state index contributed by atoms with van der Waals surface area (Å²) in [5.74, 6) is 0. The number of alkyl carbamates (subject to hydrolysis) is 1. The van der Waals surface area contributed by atoms with Gasteiger partial charge in [0.1, 0.15) is 0 Å². The maximum atomic E-state index is 11.0. The zero-order chi connectivity index (χ0) is 10.8. The molecule has 2 N–H and O–H groups in total. The van der Waals surface area contributed by atoms with Crippen molar-refractivity contribution in [3.63, 3.8) is 0 Å². The average molecular weight is 228 g/mol. The number of benzene rings is 1. The molecule has 1 fully saturated rings. The van der Waals surface area contributed by atoms with Gasteiger partial charge in [0, 0.05) is 5.02 Å².